The van der Waals surface area contributed by atoms with Gasteiger partial charge in [-0.25, -0.2) is 12.8 Å². The van der Waals surface area contributed by atoms with Gasteiger partial charge < -0.3 is 4.74 Å². The first-order valence-corrected chi connectivity index (χ1v) is 10.1. The van der Waals surface area contributed by atoms with Crippen molar-refractivity contribution < 1.29 is 17.5 Å². The summed E-state index contributed by atoms with van der Waals surface area (Å²) in [7, 11) is -2.53. The number of nitrogens with zero attached hydrogens (tertiary/aromatic N) is 4. The molecule has 0 saturated heterocycles. The molecule has 0 aliphatic rings. The van der Waals surface area contributed by atoms with Gasteiger partial charge in [0.1, 0.15) is 22.8 Å². The fourth-order valence-electron chi connectivity index (χ4n) is 2.95. The maximum Gasteiger partial charge on any atom is 0.266 e. The van der Waals surface area contributed by atoms with Crippen LogP contribution in [0.25, 0.3) is 5.65 Å². The molecule has 2 heterocycles. The van der Waals surface area contributed by atoms with Gasteiger partial charge in [0.25, 0.3) is 10.0 Å². The van der Waals surface area contributed by atoms with Crippen molar-refractivity contribution in [2.45, 2.75) is 11.4 Å². The van der Waals surface area contributed by atoms with Crippen molar-refractivity contribution in [2.75, 3.05) is 11.4 Å². The Hall–Kier alpha value is -3.46. The second-order valence-electron chi connectivity index (χ2n) is 6.27. The standard InChI is InChI=1S/C20H17FN4O3S/c1-28-17-7-4-6-16(11-17)25(12-15-5-2-3-8-19(15)21)29(26,27)18-9-10-20-23-22-14-24(20)13-18/h2-11,13-14H,12H2,1H3. The van der Waals surface area contributed by atoms with Crippen molar-refractivity contribution in [2.24, 2.45) is 0 Å². The number of hydrogen-bond donors (Lipinski definition) is 0. The summed E-state index contributed by atoms with van der Waals surface area (Å²) < 4.78 is 49.2. The van der Waals surface area contributed by atoms with Crippen molar-refractivity contribution in [1.29, 1.82) is 0 Å². The molecule has 4 rings (SSSR count). The second-order valence-corrected chi connectivity index (χ2v) is 8.13. The average Bonchev–Trinajstić information content (AvgIpc) is 3.21. The molecule has 0 atom stereocenters. The molecule has 2 aromatic heterocycles. The van der Waals surface area contributed by atoms with Crippen LogP contribution in [0.4, 0.5) is 10.1 Å². The number of ether oxygens (including phenoxy) is 1. The van der Waals surface area contributed by atoms with Crippen molar-refractivity contribution >= 4 is 21.4 Å². The van der Waals surface area contributed by atoms with Crippen LogP contribution in [-0.4, -0.2) is 30.1 Å². The monoisotopic (exact) mass is 412 g/mol. The lowest BCUT2D eigenvalue weighted by Gasteiger charge is -2.25. The number of anilines is 1. The summed E-state index contributed by atoms with van der Waals surface area (Å²) in [6, 6.07) is 15.7. The summed E-state index contributed by atoms with van der Waals surface area (Å²) in [5, 5.41) is 7.65. The van der Waals surface area contributed by atoms with E-state index < -0.39 is 15.8 Å². The first kappa shape index (κ1) is 18.9. The second kappa shape index (κ2) is 7.51. The van der Waals surface area contributed by atoms with Crippen LogP contribution in [-0.2, 0) is 16.6 Å². The fourth-order valence-corrected chi connectivity index (χ4v) is 4.39. The molecule has 0 aliphatic heterocycles. The molecule has 7 nitrogen and oxygen atoms in total. The molecule has 0 saturated carbocycles. The number of hydrogen-bond acceptors (Lipinski definition) is 5. The van der Waals surface area contributed by atoms with Gasteiger partial charge in [-0.15, -0.1) is 10.2 Å². The highest BCUT2D eigenvalue weighted by molar-refractivity contribution is 7.92. The summed E-state index contributed by atoms with van der Waals surface area (Å²) in [6.45, 7) is -0.178. The lowest BCUT2D eigenvalue weighted by molar-refractivity contribution is 0.415. The highest BCUT2D eigenvalue weighted by Crippen LogP contribution is 2.29. The molecule has 29 heavy (non-hydrogen) atoms. The topological polar surface area (TPSA) is 76.8 Å². The quantitative estimate of drug-likeness (QED) is 0.486. The predicted molar refractivity (Wildman–Crippen MR) is 106 cm³/mol. The molecular weight excluding hydrogens is 395 g/mol. The molecule has 0 aliphatic carbocycles. The molecule has 0 unspecified atom stereocenters. The summed E-state index contributed by atoms with van der Waals surface area (Å²) >= 11 is 0. The minimum atomic E-state index is -4.03. The summed E-state index contributed by atoms with van der Waals surface area (Å²) in [6.07, 6.45) is 2.85. The molecule has 0 N–H and O–H groups in total. The van der Waals surface area contributed by atoms with E-state index in [1.54, 1.807) is 48.5 Å². The third-order valence-corrected chi connectivity index (χ3v) is 6.22. The number of methoxy groups -OCH3 is 1. The summed E-state index contributed by atoms with van der Waals surface area (Å²) in [5.41, 5.74) is 1.13. The van der Waals surface area contributed by atoms with Gasteiger partial charge in [-0.2, -0.15) is 0 Å². The van der Waals surface area contributed by atoms with Crippen LogP contribution in [0.1, 0.15) is 5.56 Å². The Kier molecular flexibility index (Phi) is 4.89. The zero-order chi connectivity index (χ0) is 20.4. The number of pyridine rings is 1. The van der Waals surface area contributed by atoms with Crippen LogP contribution in [0.5, 0.6) is 5.75 Å². The smallest absolute Gasteiger partial charge is 0.266 e. The minimum absolute atomic E-state index is 0.0314. The summed E-state index contributed by atoms with van der Waals surface area (Å²) in [4.78, 5) is 0.0314. The van der Waals surface area contributed by atoms with Crippen LogP contribution >= 0.6 is 0 Å². The van der Waals surface area contributed by atoms with Crippen molar-refractivity contribution in [3.8, 4) is 5.75 Å². The lowest BCUT2D eigenvalue weighted by atomic mass is 10.2. The minimum Gasteiger partial charge on any atom is -0.497 e. The number of fused-ring (bicyclic) bond motifs is 1. The molecule has 148 valence electrons. The molecule has 0 amide bonds. The van der Waals surface area contributed by atoms with Crippen molar-refractivity contribution in [3.05, 3.63) is 84.6 Å². The number of sulfonamides is 1. The summed E-state index contributed by atoms with van der Waals surface area (Å²) in [5.74, 6) is 0.00959. The van der Waals surface area contributed by atoms with Crippen molar-refractivity contribution in [3.63, 3.8) is 0 Å². The highest BCUT2D eigenvalue weighted by Gasteiger charge is 2.27. The molecule has 4 aromatic rings. The molecule has 0 fully saturated rings. The molecular formula is C20H17FN4O3S. The van der Waals surface area contributed by atoms with Gasteiger partial charge in [0.05, 0.1) is 19.3 Å². The maximum absolute atomic E-state index is 14.3. The molecule has 0 radical (unpaired) electrons. The number of rotatable bonds is 6. The zero-order valence-corrected chi connectivity index (χ0v) is 16.3. The normalized spacial score (nSPS) is 11.5. The third kappa shape index (κ3) is 3.64. The first-order valence-electron chi connectivity index (χ1n) is 8.68. The maximum atomic E-state index is 14.3. The largest absolute Gasteiger partial charge is 0.497 e. The van der Waals surface area contributed by atoms with E-state index in [1.165, 1.54) is 36.2 Å². The van der Waals surface area contributed by atoms with Crippen LogP contribution < -0.4 is 9.04 Å². The van der Waals surface area contributed by atoms with E-state index >= 15 is 0 Å². The van der Waals surface area contributed by atoms with Crippen molar-refractivity contribution in [1.82, 2.24) is 14.6 Å². The SMILES string of the molecule is COc1cccc(N(Cc2ccccc2F)S(=O)(=O)c2ccc3nncn3c2)c1. The van der Waals surface area contributed by atoms with Gasteiger partial charge >= 0.3 is 0 Å². The van der Waals surface area contributed by atoms with Gasteiger partial charge in [-0.05, 0) is 30.3 Å². The Morgan fingerprint density at radius 2 is 1.93 bits per heavy atom. The van der Waals surface area contributed by atoms with E-state index in [0.29, 0.717) is 17.1 Å². The Labute approximate surface area is 167 Å². The van der Waals surface area contributed by atoms with E-state index in [-0.39, 0.29) is 17.0 Å². The van der Waals surface area contributed by atoms with Gasteiger partial charge in [0, 0.05) is 17.8 Å². The van der Waals surface area contributed by atoms with E-state index in [2.05, 4.69) is 10.2 Å². The molecule has 9 heteroatoms. The Bertz CT molecular complexity index is 1270. The fraction of sp³-hybridized carbons (Fsp3) is 0.100. The van der Waals surface area contributed by atoms with Crippen LogP contribution in [0.15, 0.2) is 78.1 Å². The molecule has 0 spiro atoms. The molecule has 0 bridgehead atoms. The number of aromatic nitrogens is 3. The van der Waals surface area contributed by atoms with Gasteiger partial charge in [-0.3, -0.25) is 8.71 Å². The van der Waals surface area contributed by atoms with Gasteiger partial charge in [0.2, 0.25) is 0 Å². The highest BCUT2D eigenvalue weighted by atomic mass is 32.2. The third-order valence-electron chi connectivity index (χ3n) is 4.46. The zero-order valence-electron chi connectivity index (χ0n) is 15.4. The van der Waals surface area contributed by atoms with E-state index in [0.717, 1.165) is 4.31 Å². The van der Waals surface area contributed by atoms with E-state index in [4.69, 9.17) is 4.74 Å². The Balaban J connectivity index is 1.84. The average molecular weight is 412 g/mol. The van der Waals surface area contributed by atoms with E-state index in [1.807, 2.05) is 0 Å². The molecule has 2 aromatic carbocycles. The Morgan fingerprint density at radius 3 is 2.72 bits per heavy atom. The number of halogens is 1. The number of benzene rings is 2. The Morgan fingerprint density at radius 1 is 1.10 bits per heavy atom. The lowest BCUT2D eigenvalue weighted by Crippen LogP contribution is -2.31. The van der Waals surface area contributed by atoms with Crippen LogP contribution in [0.3, 0.4) is 0 Å². The van der Waals surface area contributed by atoms with Crippen LogP contribution in [0, 0.1) is 5.82 Å². The van der Waals surface area contributed by atoms with Gasteiger partial charge in [-0.1, -0.05) is 24.3 Å². The van der Waals surface area contributed by atoms with E-state index in [9.17, 15) is 12.8 Å². The predicted octanol–water partition coefficient (Wildman–Crippen LogP) is 3.27. The van der Waals surface area contributed by atoms with Gasteiger partial charge in [0.15, 0.2) is 5.65 Å². The first-order chi connectivity index (χ1) is 14.0. The van der Waals surface area contributed by atoms with Crippen LogP contribution in [0.2, 0.25) is 0 Å².